The highest BCUT2D eigenvalue weighted by molar-refractivity contribution is 5.90. The molecule has 2 heterocycles. The normalized spacial score (nSPS) is 29.6. The Hall–Kier alpha value is -1.81. The van der Waals surface area contributed by atoms with E-state index >= 15 is 0 Å². The molecule has 2 aliphatic rings. The van der Waals surface area contributed by atoms with E-state index in [1.165, 1.54) is 22.0 Å². The summed E-state index contributed by atoms with van der Waals surface area (Å²) >= 11 is 0. The topological polar surface area (TPSA) is 62.1 Å². The quantitative estimate of drug-likeness (QED) is 0.805. The maximum absolute atomic E-state index is 11.8. The Morgan fingerprint density at radius 3 is 3.11 bits per heavy atom. The molecule has 2 aromatic rings. The molecule has 19 heavy (non-hydrogen) atoms. The number of H-pyrrole nitrogens is 1. The van der Waals surface area contributed by atoms with E-state index in [9.17, 15) is 4.79 Å². The zero-order chi connectivity index (χ0) is 13.1. The number of primary amides is 1. The molecular weight excluding hydrogens is 238 g/mol. The number of carbonyl (C=O) groups excluding carboxylic acids is 1. The lowest BCUT2D eigenvalue weighted by Crippen LogP contribution is -2.34. The molecule has 0 spiro atoms. The fourth-order valence-electron chi connectivity index (χ4n) is 4.03. The van der Waals surface area contributed by atoms with Gasteiger partial charge in [0.15, 0.2) is 0 Å². The minimum Gasteiger partial charge on any atom is -0.369 e. The standard InChI is InChI=1S/C15H17N3O/c1-18-7-10(15(16)19)14-9-3-2-4-11-13(9)8(6-17-11)5-12(14)18/h2-4,6,10,12,14,17H,5,7H2,1H3,(H2,16,19). The van der Waals surface area contributed by atoms with Crippen LogP contribution in [0.3, 0.4) is 0 Å². The fourth-order valence-corrected chi connectivity index (χ4v) is 4.03. The molecule has 1 aliphatic carbocycles. The van der Waals surface area contributed by atoms with E-state index in [1.807, 2.05) is 0 Å². The number of carbonyl (C=O) groups is 1. The highest BCUT2D eigenvalue weighted by Gasteiger charge is 2.46. The van der Waals surface area contributed by atoms with Gasteiger partial charge in [0.1, 0.15) is 0 Å². The van der Waals surface area contributed by atoms with Crippen LogP contribution in [-0.4, -0.2) is 35.4 Å². The molecule has 0 saturated carbocycles. The van der Waals surface area contributed by atoms with E-state index in [0.717, 1.165) is 13.0 Å². The Labute approximate surface area is 111 Å². The summed E-state index contributed by atoms with van der Waals surface area (Å²) in [4.78, 5) is 17.4. The largest absolute Gasteiger partial charge is 0.369 e. The van der Waals surface area contributed by atoms with Crippen molar-refractivity contribution in [3.8, 4) is 0 Å². The minimum atomic E-state index is -0.171. The smallest absolute Gasteiger partial charge is 0.222 e. The van der Waals surface area contributed by atoms with Gasteiger partial charge in [-0.15, -0.1) is 0 Å². The molecular formula is C15H17N3O. The van der Waals surface area contributed by atoms with Crippen LogP contribution in [0.4, 0.5) is 0 Å². The fraction of sp³-hybridized carbons (Fsp3) is 0.400. The molecule has 4 nitrogen and oxygen atoms in total. The van der Waals surface area contributed by atoms with Gasteiger partial charge in [-0.05, 0) is 30.7 Å². The Balaban J connectivity index is 1.96. The molecule has 4 heteroatoms. The van der Waals surface area contributed by atoms with Crippen molar-refractivity contribution in [3.63, 3.8) is 0 Å². The number of amides is 1. The minimum absolute atomic E-state index is 0.0661. The monoisotopic (exact) mass is 255 g/mol. The van der Waals surface area contributed by atoms with E-state index in [-0.39, 0.29) is 17.7 Å². The summed E-state index contributed by atoms with van der Waals surface area (Å²) in [5, 5.41) is 1.31. The number of likely N-dealkylation sites (N-methyl/N-ethyl adjacent to an activating group) is 1. The molecule has 1 aromatic carbocycles. The third kappa shape index (κ3) is 1.35. The average molecular weight is 255 g/mol. The van der Waals surface area contributed by atoms with Gasteiger partial charge in [-0.2, -0.15) is 0 Å². The summed E-state index contributed by atoms with van der Waals surface area (Å²) in [7, 11) is 2.10. The van der Waals surface area contributed by atoms with Crippen molar-refractivity contribution in [2.45, 2.75) is 18.4 Å². The predicted molar refractivity (Wildman–Crippen MR) is 73.8 cm³/mol. The summed E-state index contributed by atoms with van der Waals surface area (Å²) in [6, 6.07) is 6.72. The van der Waals surface area contributed by atoms with Crippen LogP contribution in [0.1, 0.15) is 17.0 Å². The van der Waals surface area contributed by atoms with Crippen LogP contribution in [0.5, 0.6) is 0 Å². The first-order valence-corrected chi connectivity index (χ1v) is 6.75. The molecule has 1 aliphatic heterocycles. The number of fused-ring (bicyclic) bond motifs is 2. The van der Waals surface area contributed by atoms with Crippen LogP contribution in [0.15, 0.2) is 24.4 Å². The number of aromatic amines is 1. The molecule has 98 valence electrons. The highest BCUT2D eigenvalue weighted by Crippen LogP contribution is 2.46. The van der Waals surface area contributed by atoms with Gasteiger partial charge in [0.25, 0.3) is 0 Å². The van der Waals surface area contributed by atoms with Gasteiger partial charge in [-0.25, -0.2) is 0 Å². The third-order valence-electron chi connectivity index (χ3n) is 4.87. The Bertz CT molecular complexity index is 675. The number of benzene rings is 1. The maximum Gasteiger partial charge on any atom is 0.222 e. The van der Waals surface area contributed by atoms with E-state index in [4.69, 9.17) is 5.73 Å². The highest BCUT2D eigenvalue weighted by atomic mass is 16.1. The first-order chi connectivity index (χ1) is 9.16. The van der Waals surface area contributed by atoms with Crippen molar-refractivity contribution < 1.29 is 4.79 Å². The summed E-state index contributed by atoms with van der Waals surface area (Å²) in [6.07, 6.45) is 3.11. The summed E-state index contributed by atoms with van der Waals surface area (Å²) in [6.45, 7) is 0.773. The van der Waals surface area contributed by atoms with Crippen LogP contribution < -0.4 is 5.73 Å². The first kappa shape index (κ1) is 11.1. The van der Waals surface area contributed by atoms with Crippen LogP contribution in [0.25, 0.3) is 10.9 Å². The third-order valence-corrected chi connectivity index (χ3v) is 4.87. The molecule has 1 amide bonds. The number of hydrogen-bond acceptors (Lipinski definition) is 2. The number of hydrogen-bond donors (Lipinski definition) is 2. The van der Waals surface area contributed by atoms with E-state index in [0.29, 0.717) is 6.04 Å². The van der Waals surface area contributed by atoms with Crippen molar-refractivity contribution in [2.24, 2.45) is 11.7 Å². The molecule has 3 unspecified atom stereocenters. The SMILES string of the molecule is CN1CC(C(N)=O)C2c3cccc4[nH]cc(c34)CC21. The Morgan fingerprint density at radius 1 is 1.47 bits per heavy atom. The maximum atomic E-state index is 11.8. The Morgan fingerprint density at radius 2 is 2.32 bits per heavy atom. The lowest BCUT2D eigenvalue weighted by molar-refractivity contribution is -0.121. The van der Waals surface area contributed by atoms with Gasteiger partial charge >= 0.3 is 0 Å². The van der Waals surface area contributed by atoms with Crippen molar-refractivity contribution in [1.82, 2.24) is 9.88 Å². The van der Waals surface area contributed by atoms with Crippen molar-refractivity contribution in [2.75, 3.05) is 13.6 Å². The summed E-state index contributed by atoms with van der Waals surface area (Å²) in [5.74, 6) is 0.00786. The molecule has 3 atom stereocenters. The average Bonchev–Trinajstić information content (AvgIpc) is 2.95. The second kappa shape index (κ2) is 3.61. The number of rotatable bonds is 1. The van der Waals surface area contributed by atoms with Gasteiger partial charge in [0, 0.05) is 35.6 Å². The van der Waals surface area contributed by atoms with Crippen LogP contribution in [0, 0.1) is 5.92 Å². The second-order valence-electron chi connectivity index (χ2n) is 5.83. The lowest BCUT2D eigenvalue weighted by atomic mass is 9.76. The summed E-state index contributed by atoms with van der Waals surface area (Å²) < 4.78 is 0. The molecule has 1 saturated heterocycles. The van der Waals surface area contributed by atoms with E-state index in [2.05, 4.69) is 41.3 Å². The van der Waals surface area contributed by atoms with Gasteiger partial charge in [-0.1, -0.05) is 12.1 Å². The van der Waals surface area contributed by atoms with Crippen molar-refractivity contribution in [1.29, 1.82) is 0 Å². The number of likely N-dealkylation sites (tertiary alicyclic amines) is 1. The molecule has 0 bridgehead atoms. The molecule has 4 rings (SSSR count). The molecule has 3 N–H and O–H groups in total. The van der Waals surface area contributed by atoms with Crippen molar-refractivity contribution in [3.05, 3.63) is 35.5 Å². The van der Waals surface area contributed by atoms with Crippen LogP contribution >= 0.6 is 0 Å². The molecule has 0 radical (unpaired) electrons. The number of nitrogens with zero attached hydrogens (tertiary/aromatic N) is 1. The van der Waals surface area contributed by atoms with E-state index < -0.39 is 0 Å². The van der Waals surface area contributed by atoms with Crippen molar-refractivity contribution >= 4 is 16.8 Å². The number of nitrogens with one attached hydrogen (secondary N) is 1. The zero-order valence-corrected chi connectivity index (χ0v) is 10.9. The van der Waals surface area contributed by atoms with Gasteiger partial charge in [0.05, 0.1) is 5.92 Å². The van der Waals surface area contributed by atoms with Gasteiger partial charge in [0.2, 0.25) is 5.91 Å². The summed E-state index contributed by atoms with van der Waals surface area (Å²) in [5.41, 5.74) is 9.44. The first-order valence-electron chi connectivity index (χ1n) is 6.75. The Kier molecular flexibility index (Phi) is 2.10. The van der Waals surface area contributed by atoms with Gasteiger partial charge in [-0.3, -0.25) is 4.79 Å². The van der Waals surface area contributed by atoms with Gasteiger partial charge < -0.3 is 15.6 Å². The predicted octanol–water partition coefficient (Wildman–Crippen LogP) is 1.22. The molecule has 1 fully saturated rings. The van der Waals surface area contributed by atoms with E-state index in [1.54, 1.807) is 0 Å². The second-order valence-corrected chi connectivity index (χ2v) is 5.83. The lowest BCUT2D eigenvalue weighted by Gasteiger charge is -2.31. The number of aromatic nitrogens is 1. The van der Waals surface area contributed by atoms with Crippen LogP contribution in [-0.2, 0) is 11.2 Å². The van der Waals surface area contributed by atoms with Crippen LogP contribution in [0.2, 0.25) is 0 Å². The number of nitrogens with two attached hydrogens (primary N) is 1. The molecule has 1 aromatic heterocycles. The zero-order valence-electron chi connectivity index (χ0n) is 10.9.